The number of benzene rings is 2. The molecule has 4 rings (SSSR count). The number of thioether (sulfide) groups is 1. The third kappa shape index (κ3) is 3.79. The second kappa shape index (κ2) is 7.98. The van der Waals surface area contributed by atoms with Crippen LogP contribution in [-0.4, -0.2) is 35.9 Å². The van der Waals surface area contributed by atoms with Gasteiger partial charge in [-0.1, -0.05) is 48.5 Å². The molecule has 4 nitrogen and oxygen atoms in total. The molecule has 0 saturated carbocycles. The molecule has 2 N–H and O–H groups in total. The lowest BCUT2D eigenvalue weighted by Crippen LogP contribution is -2.32. The summed E-state index contributed by atoms with van der Waals surface area (Å²) in [5, 5.41) is 4.16. The first kappa shape index (κ1) is 17.2. The van der Waals surface area contributed by atoms with E-state index < -0.39 is 0 Å². The van der Waals surface area contributed by atoms with E-state index in [0.29, 0.717) is 12.3 Å². The van der Waals surface area contributed by atoms with Crippen LogP contribution in [0.25, 0.3) is 22.2 Å². The summed E-state index contributed by atoms with van der Waals surface area (Å²) in [4.78, 5) is 16.9. The first-order chi connectivity index (χ1) is 12.8. The van der Waals surface area contributed by atoms with E-state index in [0.717, 1.165) is 46.5 Å². The maximum atomic E-state index is 12.3. The van der Waals surface area contributed by atoms with Crippen LogP contribution in [0.4, 0.5) is 0 Å². The van der Waals surface area contributed by atoms with Gasteiger partial charge in [-0.3, -0.25) is 4.79 Å². The number of aromatic nitrogens is 1. The van der Waals surface area contributed by atoms with Crippen LogP contribution in [0.15, 0.2) is 59.5 Å². The van der Waals surface area contributed by atoms with E-state index in [4.69, 9.17) is 4.74 Å². The normalized spacial score (nSPS) is 16.8. The van der Waals surface area contributed by atoms with Gasteiger partial charge in [0.15, 0.2) is 0 Å². The number of aromatic amines is 1. The Hall–Kier alpha value is -2.24. The van der Waals surface area contributed by atoms with Crippen molar-refractivity contribution in [2.45, 2.75) is 23.8 Å². The molecule has 1 aliphatic rings. The molecule has 0 aliphatic carbocycles. The summed E-state index contributed by atoms with van der Waals surface area (Å²) in [5.74, 6) is 0.448. The number of hydrogen-bond acceptors (Lipinski definition) is 3. The Morgan fingerprint density at radius 1 is 1.15 bits per heavy atom. The molecule has 0 radical (unpaired) electrons. The maximum absolute atomic E-state index is 12.3. The number of hydrogen-bond donors (Lipinski definition) is 2. The summed E-state index contributed by atoms with van der Waals surface area (Å²) < 4.78 is 5.56. The molecule has 134 valence electrons. The van der Waals surface area contributed by atoms with Crippen molar-refractivity contribution in [1.82, 2.24) is 10.3 Å². The van der Waals surface area contributed by atoms with Crippen molar-refractivity contribution >= 4 is 28.6 Å². The number of para-hydroxylation sites is 1. The smallest absolute Gasteiger partial charge is 0.230 e. The highest BCUT2D eigenvalue weighted by Crippen LogP contribution is 2.37. The van der Waals surface area contributed by atoms with Gasteiger partial charge in [0, 0.05) is 29.0 Å². The van der Waals surface area contributed by atoms with Gasteiger partial charge in [-0.15, -0.1) is 11.8 Å². The molecule has 2 heterocycles. The van der Waals surface area contributed by atoms with E-state index >= 15 is 0 Å². The van der Waals surface area contributed by atoms with Gasteiger partial charge in [0.05, 0.1) is 17.6 Å². The molecule has 2 aromatic carbocycles. The minimum atomic E-state index is 0.0507. The summed E-state index contributed by atoms with van der Waals surface area (Å²) in [6.45, 7) is 1.42. The molecule has 0 spiro atoms. The van der Waals surface area contributed by atoms with Gasteiger partial charge in [-0.2, -0.15) is 0 Å². The van der Waals surface area contributed by atoms with E-state index in [1.807, 2.05) is 30.3 Å². The topological polar surface area (TPSA) is 54.1 Å². The largest absolute Gasteiger partial charge is 0.376 e. The highest BCUT2D eigenvalue weighted by Gasteiger charge is 2.18. The average Bonchev–Trinajstić information content (AvgIpc) is 3.33. The van der Waals surface area contributed by atoms with E-state index in [-0.39, 0.29) is 12.0 Å². The molecule has 1 fully saturated rings. The lowest BCUT2D eigenvalue weighted by Gasteiger charge is -2.11. The lowest BCUT2D eigenvalue weighted by atomic mass is 10.1. The molecule has 1 saturated heterocycles. The quantitative estimate of drug-likeness (QED) is 0.642. The van der Waals surface area contributed by atoms with Crippen molar-refractivity contribution in [3.8, 4) is 11.3 Å². The number of ether oxygens (including phenoxy) is 1. The van der Waals surface area contributed by atoms with Gasteiger partial charge in [0.1, 0.15) is 0 Å². The van der Waals surface area contributed by atoms with Crippen LogP contribution >= 0.6 is 11.8 Å². The van der Waals surface area contributed by atoms with Gasteiger partial charge >= 0.3 is 0 Å². The second-order valence-electron chi connectivity index (χ2n) is 6.47. The Balaban J connectivity index is 1.50. The summed E-state index contributed by atoms with van der Waals surface area (Å²) in [5.41, 5.74) is 3.29. The van der Waals surface area contributed by atoms with Crippen LogP contribution in [-0.2, 0) is 9.53 Å². The van der Waals surface area contributed by atoms with Gasteiger partial charge < -0.3 is 15.0 Å². The van der Waals surface area contributed by atoms with Crippen molar-refractivity contribution < 1.29 is 9.53 Å². The van der Waals surface area contributed by atoms with Crippen LogP contribution in [0.2, 0.25) is 0 Å². The zero-order chi connectivity index (χ0) is 17.8. The fourth-order valence-corrected chi connectivity index (χ4v) is 4.32. The molecule has 0 unspecified atom stereocenters. The first-order valence-corrected chi connectivity index (χ1v) is 9.97. The van der Waals surface area contributed by atoms with Crippen molar-refractivity contribution in [1.29, 1.82) is 0 Å². The molecule has 3 aromatic rings. The maximum Gasteiger partial charge on any atom is 0.230 e. The predicted molar refractivity (Wildman–Crippen MR) is 106 cm³/mol. The molecule has 1 atom stereocenters. The van der Waals surface area contributed by atoms with Crippen LogP contribution < -0.4 is 5.32 Å². The van der Waals surface area contributed by atoms with E-state index in [2.05, 4.69) is 34.6 Å². The second-order valence-corrected chi connectivity index (χ2v) is 7.45. The van der Waals surface area contributed by atoms with Gasteiger partial charge in [-0.05, 0) is 24.5 Å². The number of rotatable bonds is 6. The zero-order valence-electron chi connectivity index (χ0n) is 14.5. The van der Waals surface area contributed by atoms with Crippen LogP contribution in [0.1, 0.15) is 12.8 Å². The van der Waals surface area contributed by atoms with E-state index in [9.17, 15) is 4.79 Å². The molecule has 1 aliphatic heterocycles. The van der Waals surface area contributed by atoms with Crippen molar-refractivity contribution in [3.63, 3.8) is 0 Å². The molecular weight excluding hydrogens is 344 g/mol. The van der Waals surface area contributed by atoms with Gasteiger partial charge in [-0.25, -0.2) is 0 Å². The summed E-state index contributed by atoms with van der Waals surface area (Å²) in [6.07, 6.45) is 2.30. The predicted octanol–water partition coefficient (Wildman–Crippen LogP) is 4.22. The lowest BCUT2D eigenvalue weighted by molar-refractivity contribution is -0.119. The Morgan fingerprint density at radius 3 is 2.77 bits per heavy atom. The number of amides is 1. The highest BCUT2D eigenvalue weighted by molar-refractivity contribution is 8.00. The third-order valence-electron chi connectivity index (χ3n) is 4.62. The number of nitrogens with one attached hydrogen (secondary N) is 2. The number of fused-ring (bicyclic) bond motifs is 1. The molecule has 1 amide bonds. The number of carbonyl (C=O) groups excluding carboxylic acids is 1. The van der Waals surface area contributed by atoms with Gasteiger partial charge in [0.2, 0.25) is 5.91 Å². The molecule has 0 bridgehead atoms. The van der Waals surface area contributed by atoms with E-state index in [1.165, 1.54) is 0 Å². The average molecular weight is 366 g/mol. The summed E-state index contributed by atoms with van der Waals surface area (Å²) in [6, 6.07) is 18.5. The molecule has 26 heavy (non-hydrogen) atoms. The summed E-state index contributed by atoms with van der Waals surface area (Å²) in [7, 11) is 0. The first-order valence-electron chi connectivity index (χ1n) is 8.98. The highest BCUT2D eigenvalue weighted by atomic mass is 32.2. The monoisotopic (exact) mass is 366 g/mol. The Kier molecular flexibility index (Phi) is 5.27. The van der Waals surface area contributed by atoms with Gasteiger partial charge in [0.25, 0.3) is 0 Å². The minimum absolute atomic E-state index is 0.0507. The fourth-order valence-electron chi connectivity index (χ4n) is 3.30. The summed E-state index contributed by atoms with van der Waals surface area (Å²) >= 11 is 1.58. The minimum Gasteiger partial charge on any atom is -0.376 e. The Morgan fingerprint density at radius 2 is 1.96 bits per heavy atom. The third-order valence-corrected chi connectivity index (χ3v) is 5.74. The Bertz CT molecular complexity index is 885. The molecule has 1 aromatic heterocycles. The van der Waals surface area contributed by atoms with Crippen molar-refractivity contribution in [2.24, 2.45) is 0 Å². The van der Waals surface area contributed by atoms with Crippen LogP contribution in [0.3, 0.4) is 0 Å². The van der Waals surface area contributed by atoms with Crippen LogP contribution in [0.5, 0.6) is 0 Å². The molecule has 5 heteroatoms. The fraction of sp³-hybridized carbons (Fsp3) is 0.286. The molecular formula is C21H22N2O2S. The van der Waals surface area contributed by atoms with Crippen molar-refractivity contribution in [2.75, 3.05) is 18.9 Å². The van der Waals surface area contributed by atoms with Crippen molar-refractivity contribution in [3.05, 3.63) is 54.6 Å². The number of carbonyl (C=O) groups is 1. The SMILES string of the molecule is O=C(CSc1c(-c2ccccc2)[nH]c2ccccc12)NC[C@@H]1CCCO1. The van der Waals surface area contributed by atoms with E-state index in [1.54, 1.807) is 11.8 Å². The van der Waals surface area contributed by atoms with Crippen LogP contribution in [0, 0.1) is 0 Å². The standard InChI is InChI=1S/C21H22N2O2S/c24-19(22-13-16-9-6-12-25-16)14-26-21-17-10-4-5-11-18(17)23-20(21)15-7-2-1-3-8-15/h1-5,7-8,10-11,16,23H,6,9,12-14H2,(H,22,24)/t16-/m0/s1. The Labute approximate surface area is 157 Å². The zero-order valence-corrected chi connectivity index (χ0v) is 15.4. The number of H-pyrrole nitrogens is 1.